The zero-order valence-electron chi connectivity index (χ0n) is 14.3. The molecule has 6 heteroatoms. The van der Waals surface area contributed by atoms with Gasteiger partial charge in [0.05, 0.1) is 12.8 Å². The van der Waals surface area contributed by atoms with Crippen molar-refractivity contribution >= 4 is 5.82 Å². The first-order valence-corrected chi connectivity index (χ1v) is 8.34. The maximum Gasteiger partial charge on any atom is 0.227 e. The van der Waals surface area contributed by atoms with Crippen LogP contribution in [-0.4, -0.2) is 22.2 Å². The molecule has 1 aliphatic carbocycles. The number of pyridine rings is 1. The molecule has 25 heavy (non-hydrogen) atoms. The van der Waals surface area contributed by atoms with Crippen LogP contribution in [0.2, 0.25) is 0 Å². The van der Waals surface area contributed by atoms with Crippen molar-refractivity contribution < 1.29 is 9.26 Å². The van der Waals surface area contributed by atoms with Crippen molar-refractivity contribution in [1.29, 1.82) is 0 Å². The minimum atomic E-state index is 0.491. The molecule has 1 fully saturated rings. The van der Waals surface area contributed by atoms with Crippen molar-refractivity contribution in [2.24, 2.45) is 5.92 Å². The van der Waals surface area contributed by atoms with Crippen molar-refractivity contribution in [1.82, 2.24) is 15.1 Å². The van der Waals surface area contributed by atoms with Gasteiger partial charge >= 0.3 is 0 Å². The first-order valence-electron chi connectivity index (χ1n) is 8.34. The number of hydrogen-bond donors (Lipinski definition) is 1. The number of rotatable bonds is 5. The van der Waals surface area contributed by atoms with Gasteiger partial charge in [-0.15, -0.1) is 0 Å². The molecular weight excluding hydrogens is 316 g/mol. The Balaban J connectivity index is 1.43. The topological polar surface area (TPSA) is 87.1 Å². The summed E-state index contributed by atoms with van der Waals surface area (Å²) in [7, 11) is 1.68. The number of nitrogen functional groups attached to an aromatic ring is 1. The predicted molar refractivity (Wildman–Crippen MR) is 94.2 cm³/mol. The maximum absolute atomic E-state index is 5.69. The summed E-state index contributed by atoms with van der Waals surface area (Å²) in [6, 6.07) is 11.9. The fourth-order valence-electron chi connectivity index (χ4n) is 3.22. The number of nitrogens with two attached hydrogens (primary N) is 1. The molecule has 0 radical (unpaired) electrons. The van der Waals surface area contributed by atoms with Gasteiger partial charge in [0.1, 0.15) is 11.6 Å². The summed E-state index contributed by atoms with van der Waals surface area (Å²) in [4.78, 5) is 8.77. The van der Waals surface area contributed by atoms with E-state index in [0.717, 1.165) is 29.8 Å². The fraction of sp³-hybridized carbons (Fsp3) is 0.316. The average Bonchev–Trinajstić information content (AvgIpc) is 3.22. The van der Waals surface area contributed by atoms with Gasteiger partial charge in [0, 0.05) is 12.0 Å². The van der Waals surface area contributed by atoms with Crippen LogP contribution >= 0.6 is 0 Å². The zero-order valence-corrected chi connectivity index (χ0v) is 14.3. The molecule has 0 spiro atoms. The monoisotopic (exact) mass is 336 g/mol. The van der Waals surface area contributed by atoms with Crippen molar-refractivity contribution in [3.8, 4) is 17.1 Å². The molecule has 2 N–H and O–H groups in total. The first kappa shape index (κ1) is 15.6. The maximum atomic E-state index is 5.69. The molecule has 6 nitrogen and oxygen atoms in total. The Bertz CT molecular complexity index is 889. The number of anilines is 1. The number of methoxy groups -OCH3 is 1. The van der Waals surface area contributed by atoms with Gasteiger partial charge in [0.15, 0.2) is 0 Å². The van der Waals surface area contributed by atoms with E-state index < -0.39 is 0 Å². The van der Waals surface area contributed by atoms with Gasteiger partial charge in [-0.05, 0) is 55.0 Å². The highest BCUT2D eigenvalue weighted by Gasteiger charge is 2.39. The lowest BCUT2D eigenvalue weighted by Crippen LogP contribution is -1.95. The molecule has 0 saturated heterocycles. The summed E-state index contributed by atoms with van der Waals surface area (Å²) < 4.78 is 10.6. The van der Waals surface area contributed by atoms with Gasteiger partial charge in [0.2, 0.25) is 11.7 Å². The zero-order chi connectivity index (χ0) is 17.4. The van der Waals surface area contributed by atoms with E-state index in [0.29, 0.717) is 29.4 Å². The van der Waals surface area contributed by atoms with Crippen molar-refractivity contribution in [2.75, 3.05) is 12.8 Å². The van der Waals surface area contributed by atoms with Crippen LogP contribution in [0.25, 0.3) is 11.4 Å². The third kappa shape index (κ3) is 3.20. The van der Waals surface area contributed by atoms with E-state index in [4.69, 9.17) is 15.0 Å². The van der Waals surface area contributed by atoms with E-state index in [1.54, 1.807) is 13.2 Å². The molecule has 1 aromatic carbocycles. The second-order valence-electron chi connectivity index (χ2n) is 6.46. The highest BCUT2D eigenvalue weighted by Crippen LogP contribution is 2.49. The van der Waals surface area contributed by atoms with E-state index in [-0.39, 0.29) is 0 Å². The highest BCUT2D eigenvalue weighted by atomic mass is 16.5. The van der Waals surface area contributed by atoms with E-state index in [2.05, 4.69) is 27.3 Å². The predicted octanol–water partition coefficient (Wildman–Crippen LogP) is 3.38. The molecule has 0 amide bonds. The van der Waals surface area contributed by atoms with E-state index in [1.165, 1.54) is 5.56 Å². The smallest absolute Gasteiger partial charge is 0.227 e. The lowest BCUT2D eigenvalue weighted by Gasteiger charge is -2.02. The standard InChI is InChI=1S/C19H20N4O2/c1-11-15(7-8-17(20)21-11)19-22-18(25-23-19)10-13-9-16(13)12-3-5-14(24-2)6-4-12/h3-8,13,16H,9-10H2,1-2H3,(H2,20,21)/t13-,16-/m0/s1. The van der Waals surface area contributed by atoms with Gasteiger partial charge in [-0.2, -0.15) is 4.98 Å². The third-order valence-corrected chi connectivity index (χ3v) is 4.72. The SMILES string of the molecule is COc1ccc([C@@H]2C[C@H]2Cc2nc(-c3ccc(N)nc3C)no2)cc1. The Kier molecular flexibility index (Phi) is 3.87. The van der Waals surface area contributed by atoms with Crippen molar-refractivity contribution in [2.45, 2.75) is 25.7 Å². The van der Waals surface area contributed by atoms with Crippen LogP contribution in [0.1, 0.15) is 29.5 Å². The van der Waals surface area contributed by atoms with Crippen LogP contribution in [0.3, 0.4) is 0 Å². The van der Waals surface area contributed by atoms with Crippen LogP contribution in [0.5, 0.6) is 5.75 Å². The van der Waals surface area contributed by atoms with Crippen LogP contribution in [0.15, 0.2) is 40.9 Å². The number of nitrogens with zero attached hydrogens (tertiary/aromatic N) is 3. The van der Waals surface area contributed by atoms with Crippen molar-refractivity contribution in [3.63, 3.8) is 0 Å². The molecule has 2 atom stereocenters. The minimum Gasteiger partial charge on any atom is -0.497 e. The van der Waals surface area contributed by atoms with E-state index in [9.17, 15) is 0 Å². The molecule has 128 valence electrons. The molecule has 0 bridgehead atoms. The number of aromatic nitrogens is 3. The Hall–Kier alpha value is -2.89. The number of benzene rings is 1. The van der Waals surface area contributed by atoms with Crippen LogP contribution in [0, 0.1) is 12.8 Å². The quantitative estimate of drug-likeness (QED) is 0.768. The van der Waals surface area contributed by atoms with Gasteiger partial charge in [0.25, 0.3) is 0 Å². The van der Waals surface area contributed by atoms with Crippen LogP contribution < -0.4 is 10.5 Å². The molecule has 1 aliphatic rings. The third-order valence-electron chi connectivity index (χ3n) is 4.72. The van der Waals surface area contributed by atoms with Gasteiger partial charge < -0.3 is 15.0 Å². The Morgan fingerprint density at radius 1 is 1.16 bits per heavy atom. The minimum absolute atomic E-state index is 0.491. The molecule has 3 aromatic rings. The number of ether oxygens (including phenoxy) is 1. The lowest BCUT2D eigenvalue weighted by atomic mass is 10.1. The molecule has 2 heterocycles. The molecule has 4 rings (SSSR count). The summed E-state index contributed by atoms with van der Waals surface area (Å²) in [5.41, 5.74) is 8.68. The molecule has 0 aliphatic heterocycles. The van der Waals surface area contributed by atoms with E-state index in [1.807, 2.05) is 25.1 Å². The molecule has 2 aromatic heterocycles. The summed E-state index contributed by atoms with van der Waals surface area (Å²) in [5, 5.41) is 4.09. The second kappa shape index (κ2) is 6.20. The van der Waals surface area contributed by atoms with E-state index >= 15 is 0 Å². The Morgan fingerprint density at radius 3 is 2.68 bits per heavy atom. The second-order valence-corrected chi connectivity index (χ2v) is 6.46. The summed E-state index contributed by atoms with van der Waals surface area (Å²) in [6.07, 6.45) is 1.94. The van der Waals surface area contributed by atoms with Gasteiger partial charge in [-0.3, -0.25) is 0 Å². The van der Waals surface area contributed by atoms with Gasteiger partial charge in [-0.1, -0.05) is 17.3 Å². The molecular formula is C19H20N4O2. The molecule has 1 saturated carbocycles. The molecule has 0 unspecified atom stereocenters. The number of hydrogen-bond acceptors (Lipinski definition) is 6. The Labute approximate surface area is 146 Å². The first-order chi connectivity index (χ1) is 12.1. The number of aryl methyl sites for hydroxylation is 1. The normalized spacial score (nSPS) is 19.0. The van der Waals surface area contributed by atoms with Crippen LogP contribution in [0.4, 0.5) is 5.82 Å². The summed E-state index contributed by atoms with van der Waals surface area (Å²) in [5.74, 6) is 3.72. The van der Waals surface area contributed by atoms with Crippen molar-refractivity contribution in [3.05, 3.63) is 53.5 Å². The van der Waals surface area contributed by atoms with Gasteiger partial charge in [-0.25, -0.2) is 4.98 Å². The lowest BCUT2D eigenvalue weighted by molar-refractivity contribution is 0.372. The summed E-state index contributed by atoms with van der Waals surface area (Å²) in [6.45, 7) is 1.89. The van der Waals surface area contributed by atoms with Crippen LogP contribution in [-0.2, 0) is 6.42 Å². The fourth-order valence-corrected chi connectivity index (χ4v) is 3.22. The average molecular weight is 336 g/mol. The largest absolute Gasteiger partial charge is 0.497 e. The highest BCUT2D eigenvalue weighted by molar-refractivity contribution is 5.59. The summed E-state index contributed by atoms with van der Waals surface area (Å²) >= 11 is 0. The Morgan fingerprint density at radius 2 is 1.96 bits per heavy atom.